The van der Waals surface area contributed by atoms with Crippen molar-refractivity contribution in [2.75, 3.05) is 0 Å². The second-order valence-corrected chi connectivity index (χ2v) is 28.9. The molecule has 0 aliphatic rings. The minimum absolute atomic E-state index is 0. The summed E-state index contributed by atoms with van der Waals surface area (Å²) in [4.78, 5) is 9.80. The fraction of sp³-hybridized carbons (Fsp3) is 0.192. The van der Waals surface area contributed by atoms with Crippen molar-refractivity contribution in [2.45, 2.75) is 63.2 Å². The van der Waals surface area contributed by atoms with Crippen LogP contribution >= 0.6 is 11.3 Å². The monoisotopic (exact) mass is 1010 g/mol. The van der Waals surface area contributed by atoms with Crippen molar-refractivity contribution in [3.05, 3.63) is 169 Å². The molecule has 0 unspecified atom stereocenters. The van der Waals surface area contributed by atoms with Gasteiger partial charge in [-0.15, -0.1) is 18.2 Å². The van der Waals surface area contributed by atoms with Crippen LogP contribution in [-0.2, 0) is 25.5 Å². The number of para-hydroxylation sites is 2. The summed E-state index contributed by atoms with van der Waals surface area (Å²) in [6.45, 7) is 11.3. The number of aromatic nitrogens is 3. The van der Waals surface area contributed by atoms with Crippen molar-refractivity contribution >= 4 is 60.2 Å². The Morgan fingerprint density at radius 2 is 1.48 bits per heavy atom. The summed E-state index contributed by atoms with van der Waals surface area (Å²) in [5.41, 5.74) is 11.4. The zero-order valence-corrected chi connectivity index (χ0v) is 39.8. The molecule has 0 fully saturated rings. The second kappa shape index (κ2) is 16.9. The largest absolute Gasteiger partial charge is 0 e. The summed E-state index contributed by atoms with van der Waals surface area (Å²) in [6, 6.07) is 56.4. The summed E-state index contributed by atoms with van der Waals surface area (Å²) >= 11 is 0.134. The quantitative estimate of drug-likeness (QED) is 0.123. The van der Waals surface area contributed by atoms with E-state index in [4.69, 9.17) is 4.98 Å². The first-order chi connectivity index (χ1) is 27.4. The van der Waals surface area contributed by atoms with Crippen LogP contribution in [0.4, 0.5) is 0 Å². The number of imidazole rings is 1. The van der Waals surface area contributed by atoms with Crippen molar-refractivity contribution < 1.29 is 20.1 Å². The predicted octanol–water partition coefficient (Wildman–Crippen LogP) is 14.0. The number of hydrogen-bond donors (Lipinski definition) is 0. The van der Waals surface area contributed by atoms with E-state index in [2.05, 4.69) is 189 Å². The van der Waals surface area contributed by atoms with E-state index >= 15 is 0 Å². The smallest absolute Gasteiger partial charge is 0 e. The Hall–Kier alpha value is -4.65. The maximum absolute atomic E-state index is 5.27. The first-order valence-electron chi connectivity index (χ1n) is 19.9. The fourth-order valence-corrected chi connectivity index (χ4v) is 10.7. The molecule has 6 aromatic carbocycles. The first kappa shape index (κ1) is 41.5. The van der Waals surface area contributed by atoms with Crippen LogP contribution in [0.1, 0.15) is 51.7 Å². The minimum atomic E-state index is -1.72. The van der Waals surface area contributed by atoms with Crippen molar-refractivity contribution in [1.82, 2.24) is 14.5 Å². The number of fused-ring (bicyclic) bond motifs is 4. The van der Waals surface area contributed by atoms with E-state index in [1.165, 1.54) is 46.8 Å². The molecule has 293 valence electrons. The van der Waals surface area contributed by atoms with Crippen LogP contribution in [0.3, 0.4) is 0 Å². The van der Waals surface area contributed by atoms with E-state index in [0.717, 1.165) is 39.4 Å². The number of nitrogens with zero attached hydrogens (tertiary/aromatic N) is 3. The zero-order chi connectivity index (χ0) is 39.9. The number of rotatable bonds is 6. The SMILES string of the molecule is CC(C)c1ccc2c(c1)sc1c(-c3nc4ccccc4n3-c3ccc(C(C)(C)C)cc3-c3ccccc3)[c-]ccc12.[CH3][Ge]([CH3])([CH3])[c]1ccc(-c2[c-]cccc2)nc1.[Ir]. The molecule has 9 rings (SSSR count). The van der Waals surface area contributed by atoms with Gasteiger partial charge in [-0.2, -0.15) is 11.3 Å². The molecule has 58 heavy (non-hydrogen) atoms. The Labute approximate surface area is 363 Å². The van der Waals surface area contributed by atoms with Crippen LogP contribution < -0.4 is 4.40 Å². The van der Waals surface area contributed by atoms with Gasteiger partial charge >= 0.3 is 99.8 Å². The van der Waals surface area contributed by atoms with Gasteiger partial charge in [0.05, 0.1) is 16.9 Å². The van der Waals surface area contributed by atoms with Gasteiger partial charge in [0.25, 0.3) is 0 Å². The summed E-state index contributed by atoms with van der Waals surface area (Å²) in [7, 11) is 0. The van der Waals surface area contributed by atoms with Crippen molar-refractivity contribution in [3.8, 4) is 39.5 Å². The molecule has 0 N–H and O–H groups in total. The normalized spacial score (nSPS) is 11.8. The molecule has 3 aromatic heterocycles. The fourth-order valence-electron chi connectivity index (χ4n) is 7.32. The van der Waals surface area contributed by atoms with Gasteiger partial charge in [0.1, 0.15) is 0 Å². The topological polar surface area (TPSA) is 30.7 Å². The molecule has 1 radical (unpaired) electrons. The second-order valence-electron chi connectivity index (χ2n) is 17.2. The van der Waals surface area contributed by atoms with E-state index in [9.17, 15) is 0 Å². The van der Waals surface area contributed by atoms with E-state index in [1.807, 2.05) is 41.8 Å². The van der Waals surface area contributed by atoms with E-state index < -0.39 is 13.3 Å². The maximum atomic E-state index is 5.27. The number of pyridine rings is 1. The zero-order valence-electron chi connectivity index (χ0n) is 34.5. The Morgan fingerprint density at radius 1 is 0.724 bits per heavy atom. The summed E-state index contributed by atoms with van der Waals surface area (Å²) in [5.74, 6) is 8.56. The molecular formula is C52H49GeIrN3S-2. The molecule has 6 heteroatoms. The number of benzene rings is 6. The van der Waals surface area contributed by atoms with Crippen LogP contribution in [0, 0.1) is 12.1 Å². The van der Waals surface area contributed by atoms with Gasteiger partial charge in [-0.3, -0.25) is 4.98 Å². The van der Waals surface area contributed by atoms with Crippen LogP contribution in [-0.4, -0.2) is 27.8 Å². The average Bonchev–Trinajstić information content (AvgIpc) is 3.79. The van der Waals surface area contributed by atoms with Gasteiger partial charge < -0.3 is 4.57 Å². The number of hydrogen-bond acceptors (Lipinski definition) is 3. The first-order valence-corrected chi connectivity index (χ1v) is 28.0. The van der Waals surface area contributed by atoms with Crippen molar-refractivity contribution in [1.29, 1.82) is 0 Å². The third-order valence-electron chi connectivity index (χ3n) is 10.7. The Balaban J connectivity index is 0.000000254. The van der Waals surface area contributed by atoms with Gasteiger partial charge in [0.2, 0.25) is 0 Å². The molecule has 0 spiro atoms. The van der Waals surface area contributed by atoms with Gasteiger partial charge in [-0.1, -0.05) is 106 Å². The van der Waals surface area contributed by atoms with Crippen LogP contribution in [0.15, 0.2) is 146 Å². The molecular weight excluding hydrogens is 963 g/mol. The van der Waals surface area contributed by atoms with E-state index in [0.29, 0.717) is 5.92 Å². The van der Waals surface area contributed by atoms with Crippen LogP contribution in [0.2, 0.25) is 17.3 Å². The third-order valence-corrected chi connectivity index (χ3v) is 16.2. The maximum Gasteiger partial charge on any atom is 0 e. The van der Waals surface area contributed by atoms with Gasteiger partial charge in [0.15, 0.2) is 0 Å². The van der Waals surface area contributed by atoms with Crippen LogP contribution in [0.5, 0.6) is 0 Å². The molecule has 3 heterocycles. The summed E-state index contributed by atoms with van der Waals surface area (Å²) < 4.78 is 6.33. The molecule has 0 saturated carbocycles. The Morgan fingerprint density at radius 3 is 2.17 bits per heavy atom. The van der Waals surface area contributed by atoms with Gasteiger partial charge in [-0.25, -0.2) is 0 Å². The molecule has 0 aliphatic carbocycles. The molecule has 0 saturated heterocycles. The molecule has 3 nitrogen and oxygen atoms in total. The standard InChI is InChI=1S/C38H33N2S.C14H16GeN.Ir/c1-24(2)26-18-20-28-29-14-11-15-30(36(29)41-35(28)22-26)37-39-32-16-9-10-17-34(32)40(37)33-21-19-27(38(3,4)5)23-31(33)25-12-7-6-8-13-25;1-15(2,3)13-9-10-14(16-11-13)12-7-5-4-6-8-12;/h6-14,16-24H,1-5H3;4-7,9-11H,1-3H3;/q2*-1;. The predicted molar refractivity (Wildman–Crippen MR) is 248 cm³/mol. The van der Waals surface area contributed by atoms with Gasteiger partial charge in [0, 0.05) is 36.1 Å². The molecule has 0 atom stereocenters. The average molecular weight is 1010 g/mol. The molecule has 0 aliphatic heterocycles. The number of thiophene rings is 1. The molecule has 9 aromatic rings. The summed E-state index contributed by atoms with van der Waals surface area (Å²) in [5, 5.41) is 2.56. The van der Waals surface area contributed by atoms with Crippen molar-refractivity contribution in [3.63, 3.8) is 0 Å². The molecule has 0 bridgehead atoms. The van der Waals surface area contributed by atoms with E-state index in [-0.39, 0.29) is 25.5 Å². The minimum Gasteiger partial charge on any atom is 0 e. The van der Waals surface area contributed by atoms with Crippen LogP contribution in [0.25, 0.3) is 70.7 Å². The van der Waals surface area contributed by atoms with Gasteiger partial charge in [-0.05, 0) is 68.4 Å². The third kappa shape index (κ3) is 8.42. The molecule has 0 amide bonds. The van der Waals surface area contributed by atoms with E-state index in [1.54, 1.807) is 0 Å². The summed E-state index contributed by atoms with van der Waals surface area (Å²) in [6.07, 6.45) is 2.04. The van der Waals surface area contributed by atoms with Crippen molar-refractivity contribution in [2.24, 2.45) is 0 Å². The Bertz CT molecular complexity index is 2830. The Kier molecular flexibility index (Phi) is 12.1.